The molecule has 1 fully saturated rings. The maximum Gasteiger partial charge on any atom is 0.353 e. The van der Waals surface area contributed by atoms with Crippen LogP contribution in [0.3, 0.4) is 0 Å². The van der Waals surface area contributed by atoms with Crippen LogP contribution in [0, 0.1) is 5.41 Å². The van der Waals surface area contributed by atoms with Gasteiger partial charge in [0.2, 0.25) is 0 Å². The molecule has 3 heteroatoms. The van der Waals surface area contributed by atoms with Crippen LogP contribution in [0.5, 0.6) is 0 Å². The summed E-state index contributed by atoms with van der Waals surface area (Å²) in [6.07, 6.45) is 4.13. The second-order valence-electron chi connectivity index (χ2n) is 5.76. The Kier molecular flexibility index (Phi) is 3.91. The summed E-state index contributed by atoms with van der Waals surface area (Å²) >= 11 is 0. The van der Waals surface area contributed by atoms with Gasteiger partial charge >= 0.3 is 6.92 Å². The molecule has 0 spiro atoms. The molecule has 2 nitrogen and oxygen atoms in total. The van der Waals surface area contributed by atoms with Crippen LogP contribution in [0.4, 0.5) is 0 Å². The van der Waals surface area contributed by atoms with E-state index in [-0.39, 0.29) is 17.9 Å². The molecule has 1 aliphatic rings. The van der Waals surface area contributed by atoms with Crippen LogP contribution in [0.2, 0.25) is 0 Å². The molecule has 1 heterocycles. The molecular formula is C13H25BO2. The molecule has 0 aliphatic carbocycles. The lowest BCUT2D eigenvalue weighted by Gasteiger charge is -2.35. The molecule has 1 saturated heterocycles. The van der Waals surface area contributed by atoms with Crippen molar-refractivity contribution >= 4 is 6.92 Å². The normalized spacial score (nSPS) is 28.6. The van der Waals surface area contributed by atoms with Gasteiger partial charge in [0.05, 0.1) is 11.6 Å². The van der Waals surface area contributed by atoms with Gasteiger partial charge in [-0.25, -0.2) is 0 Å². The summed E-state index contributed by atoms with van der Waals surface area (Å²) in [7, 11) is 0. The van der Waals surface area contributed by atoms with Gasteiger partial charge in [-0.15, -0.1) is 0 Å². The SMILES string of the molecule is CC/C=C(\CC)B1OC(C)(C)C(C)(C)C1O. The predicted octanol–water partition coefficient (Wildman–Crippen LogP) is 3.00. The van der Waals surface area contributed by atoms with Crippen LogP contribution >= 0.6 is 0 Å². The van der Waals surface area contributed by atoms with Crippen LogP contribution < -0.4 is 0 Å². The monoisotopic (exact) mass is 224 g/mol. The van der Waals surface area contributed by atoms with Crippen LogP contribution in [0.1, 0.15) is 54.4 Å². The smallest absolute Gasteiger partial charge is 0.353 e. The minimum Gasteiger partial charge on any atom is -0.423 e. The van der Waals surface area contributed by atoms with Gasteiger partial charge in [-0.05, 0) is 26.7 Å². The number of rotatable bonds is 3. The standard InChI is InChI=1S/C13H25BO2/c1-7-9-10(8-2)14-11(15)12(3,4)13(5,6)16-14/h9,11,15H,7-8H2,1-6H3/b10-9+. The first kappa shape index (κ1) is 13.8. The summed E-state index contributed by atoms with van der Waals surface area (Å²) in [6, 6.07) is -0.416. The Morgan fingerprint density at radius 3 is 2.19 bits per heavy atom. The van der Waals surface area contributed by atoms with Gasteiger partial charge in [0, 0.05) is 5.41 Å². The maximum atomic E-state index is 10.4. The molecule has 1 unspecified atom stereocenters. The van der Waals surface area contributed by atoms with E-state index in [0.717, 1.165) is 12.8 Å². The molecule has 0 bridgehead atoms. The van der Waals surface area contributed by atoms with Crippen molar-refractivity contribution in [1.29, 1.82) is 0 Å². The Labute approximate surface area is 100 Å². The Morgan fingerprint density at radius 1 is 1.31 bits per heavy atom. The summed E-state index contributed by atoms with van der Waals surface area (Å²) < 4.78 is 6.06. The number of aliphatic hydroxyl groups is 1. The number of hydrogen-bond acceptors (Lipinski definition) is 2. The second kappa shape index (κ2) is 4.54. The van der Waals surface area contributed by atoms with Crippen molar-refractivity contribution < 1.29 is 9.76 Å². The third-order valence-electron chi connectivity index (χ3n) is 4.24. The first-order valence-corrected chi connectivity index (χ1v) is 6.32. The summed E-state index contributed by atoms with van der Waals surface area (Å²) in [5, 5.41) is 10.4. The van der Waals surface area contributed by atoms with Gasteiger partial charge in [-0.1, -0.05) is 39.2 Å². The van der Waals surface area contributed by atoms with Crippen molar-refractivity contribution in [2.75, 3.05) is 0 Å². The highest BCUT2D eigenvalue weighted by molar-refractivity contribution is 6.62. The summed E-state index contributed by atoms with van der Waals surface area (Å²) in [6.45, 7) is 12.4. The Hall–Kier alpha value is -0.275. The third-order valence-corrected chi connectivity index (χ3v) is 4.24. The van der Waals surface area contributed by atoms with Crippen LogP contribution in [-0.2, 0) is 4.65 Å². The quantitative estimate of drug-likeness (QED) is 0.746. The van der Waals surface area contributed by atoms with E-state index in [9.17, 15) is 5.11 Å². The van der Waals surface area contributed by atoms with Gasteiger partial charge in [0.1, 0.15) is 0 Å². The molecule has 1 aliphatic heterocycles. The minimum absolute atomic E-state index is 0.130. The predicted molar refractivity (Wildman–Crippen MR) is 69.4 cm³/mol. The second-order valence-corrected chi connectivity index (χ2v) is 5.76. The zero-order valence-electron chi connectivity index (χ0n) is 11.5. The van der Waals surface area contributed by atoms with E-state index in [2.05, 4.69) is 47.6 Å². The highest BCUT2D eigenvalue weighted by Gasteiger charge is 2.57. The average molecular weight is 224 g/mol. The fraction of sp³-hybridized carbons (Fsp3) is 0.846. The third kappa shape index (κ3) is 2.08. The van der Waals surface area contributed by atoms with Crippen molar-refractivity contribution in [3.63, 3.8) is 0 Å². The lowest BCUT2D eigenvalue weighted by atomic mass is 9.50. The van der Waals surface area contributed by atoms with Gasteiger partial charge in [-0.2, -0.15) is 0 Å². The molecule has 16 heavy (non-hydrogen) atoms. The average Bonchev–Trinajstić information content (AvgIpc) is 2.35. The molecule has 0 saturated carbocycles. The molecule has 1 N–H and O–H groups in total. The molecule has 1 atom stereocenters. The zero-order valence-corrected chi connectivity index (χ0v) is 11.5. The van der Waals surface area contributed by atoms with E-state index >= 15 is 0 Å². The number of allylic oxidation sites excluding steroid dienone is 2. The first-order valence-electron chi connectivity index (χ1n) is 6.32. The summed E-state index contributed by atoms with van der Waals surface area (Å²) in [4.78, 5) is 0. The van der Waals surface area contributed by atoms with E-state index in [0.29, 0.717) is 0 Å². The van der Waals surface area contributed by atoms with Crippen LogP contribution in [0.15, 0.2) is 11.5 Å². The van der Waals surface area contributed by atoms with Crippen molar-refractivity contribution in [2.45, 2.75) is 66.0 Å². The van der Waals surface area contributed by atoms with E-state index in [1.54, 1.807) is 0 Å². The lowest BCUT2D eigenvalue weighted by molar-refractivity contribution is -0.00632. The lowest BCUT2D eigenvalue weighted by Crippen LogP contribution is -2.42. The fourth-order valence-corrected chi connectivity index (χ4v) is 2.27. The van der Waals surface area contributed by atoms with Gasteiger partial charge in [-0.3, -0.25) is 0 Å². The highest BCUT2D eigenvalue weighted by atomic mass is 16.5. The molecule has 1 rings (SSSR count). The zero-order chi connectivity index (χ0) is 12.6. The topological polar surface area (TPSA) is 29.5 Å². The van der Waals surface area contributed by atoms with Crippen molar-refractivity contribution in [1.82, 2.24) is 0 Å². The first-order chi connectivity index (χ1) is 7.28. The van der Waals surface area contributed by atoms with Crippen molar-refractivity contribution in [2.24, 2.45) is 5.41 Å². The number of aliphatic hydroxyl groups excluding tert-OH is 1. The van der Waals surface area contributed by atoms with Crippen LogP contribution in [0.25, 0.3) is 0 Å². The molecule has 0 amide bonds. The highest BCUT2D eigenvalue weighted by Crippen LogP contribution is 2.46. The van der Waals surface area contributed by atoms with Gasteiger partial charge in [0.15, 0.2) is 0 Å². The fourth-order valence-electron chi connectivity index (χ4n) is 2.27. The molecule has 0 aromatic rings. The van der Waals surface area contributed by atoms with E-state index < -0.39 is 6.00 Å². The Balaban J connectivity index is 2.99. The van der Waals surface area contributed by atoms with Crippen molar-refractivity contribution in [3.8, 4) is 0 Å². The van der Waals surface area contributed by atoms with Gasteiger partial charge < -0.3 is 9.76 Å². The summed E-state index contributed by atoms with van der Waals surface area (Å²) in [5.41, 5.74) is 0.743. The van der Waals surface area contributed by atoms with Crippen LogP contribution in [-0.4, -0.2) is 23.6 Å². The van der Waals surface area contributed by atoms with E-state index in [1.165, 1.54) is 5.47 Å². The van der Waals surface area contributed by atoms with Gasteiger partial charge in [0.25, 0.3) is 0 Å². The van der Waals surface area contributed by atoms with E-state index in [1.807, 2.05) is 0 Å². The molecule has 0 aromatic carbocycles. The largest absolute Gasteiger partial charge is 0.423 e. The molecule has 0 aromatic heterocycles. The van der Waals surface area contributed by atoms with Crippen molar-refractivity contribution in [3.05, 3.63) is 11.5 Å². The molecular weight excluding hydrogens is 199 g/mol. The maximum absolute atomic E-state index is 10.4. The minimum atomic E-state index is -0.416. The Bertz CT molecular complexity index is 282. The molecule has 0 radical (unpaired) electrons. The molecule has 92 valence electrons. The van der Waals surface area contributed by atoms with E-state index in [4.69, 9.17) is 4.65 Å². The summed E-state index contributed by atoms with van der Waals surface area (Å²) in [5.74, 6) is 0. The Morgan fingerprint density at radius 2 is 1.88 bits per heavy atom. The number of hydrogen-bond donors (Lipinski definition) is 1.